The van der Waals surface area contributed by atoms with Crippen molar-refractivity contribution in [2.75, 3.05) is 13.1 Å². The van der Waals surface area contributed by atoms with Gasteiger partial charge in [-0.3, -0.25) is 9.69 Å². The number of hydrogen-bond donors (Lipinski definition) is 2. The van der Waals surface area contributed by atoms with E-state index in [1.54, 1.807) is 6.07 Å². The van der Waals surface area contributed by atoms with E-state index in [0.717, 1.165) is 37.4 Å². The number of aromatic amines is 1. The van der Waals surface area contributed by atoms with Gasteiger partial charge in [0.15, 0.2) is 0 Å². The van der Waals surface area contributed by atoms with Crippen LogP contribution in [0.15, 0.2) is 48.5 Å². The van der Waals surface area contributed by atoms with Gasteiger partial charge in [-0.2, -0.15) is 0 Å². The van der Waals surface area contributed by atoms with E-state index in [9.17, 15) is 14.3 Å². The molecule has 0 radical (unpaired) electrons. The number of piperidine rings is 1. The van der Waals surface area contributed by atoms with Gasteiger partial charge in [0.2, 0.25) is 0 Å². The second-order valence-electron chi connectivity index (χ2n) is 7.68. The number of aliphatic carboxylic acids is 1. The predicted molar refractivity (Wildman–Crippen MR) is 105 cm³/mol. The van der Waals surface area contributed by atoms with Crippen molar-refractivity contribution >= 4 is 17.0 Å². The fourth-order valence-corrected chi connectivity index (χ4v) is 4.25. The average molecular weight is 381 g/mol. The minimum atomic E-state index is -0.752. The second-order valence-corrected chi connectivity index (χ2v) is 7.68. The summed E-state index contributed by atoms with van der Waals surface area (Å²) in [6, 6.07) is 14.8. The molecule has 2 N–H and O–H groups in total. The van der Waals surface area contributed by atoms with Gasteiger partial charge in [0, 0.05) is 25.9 Å². The van der Waals surface area contributed by atoms with Gasteiger partial charge in [-0.15, -0.1) is 0 Å². The molecular weight excluding hydrogens is 357 g/mol. The largest absolute Gasteiger partial charge is 0.481 e. The summed E-state index contributed by atoms with van der Waals surface area (Å²) in [5.74, 6) is 0.0623. The molecule has 1 fully saturated rings. The van der Waals surface area contributed by atoms with Gasteiger partial charge in [-0.1, -0.05) is 30.3 Å². The molecule has 0 aliphatic carbocycles. The highest BCUT2D eigenvalue weighted by Gasteiger charge is 2.31. The van der Waals surface area contributed by atoms with Gasteiger partial charge < -0.3 is 10.1 Å². The number of nitrogens with zero attached hydrogens (tertiary/aromatic N) is 2. The van der Waals surface area contributed by atoms with E-state index in [1.165, 1.54) is 17.7 Å². The van der Waals surface area contributed by atoms with Gasteiger partial charge in [0.25, 0.3) is 0 Å². The van der Waals surface area contributed by atoms with E-state index in [-0.39, 0.29) is 24.1 Å². The van der Waals surface area contributed by atoms with Crippen LogP contribution < -0.4 is 0 Å². The summed E-state index contributed by atoms with van der Waals surface area (Å²) >= 11 is 0. The lowest BCUT2D eigenvalue weighted by atomic mass is 9.81. The summed E-state index contributed by atoms with van der Waals surface area (Å²) in [7, 11) is 0. The zero-order chi connectivity index (χ0) is 19.5. The first-order valence-electron chi connectivity index (χ1n) is 9.69. The molecule has 5 nitrogen and oxygen atoms in total. The lowest BCUT2D eigenvalue weighted by Crippen LogP contribution is -2.41. The van der Waals surface area contributed by atoms with Gasteiger partial charge in [0.1, 0.15) is 11.6 Å². The number of H-pyrrole nitrogens is 1. The molecule has 146 valence electrons. The summed E-state index contributed by atoms with van der Waals surface area (Å²) in [6.45, 7) is 2.59. The van der Waals surface area contributed by atoms with Gasteiger partial charge in [0.05, 0.1) is 11.0 Å². The SMILES string of the molecule is O=C(O)C[C@@H]1CCN(Cc2ccccc2)C[C@@H]1Cc1nc2ccc(F)cc2[nH]1. The Labute approximate surface area is 163 Å². The lowest BCUT2D eigenvalue weighted by molar-refractivity contribution is -0.139. The summed E-state index contributed by atoms with van der Waals surface area (Å²) in [5, 5.41) is 9.32. The number of halogens is 1. The molecule has 1 saturated heterocycles. The van der Waals surface area contributed by atoms with E-state index in [0.29, 0.717) is 11.9 Å². The Morgan fingerprint density at radius 1 is 1.21 bits per heavy atom. The number of rotatable bonds is 6. The molecular formula is C22H24FN3O2. The maximum Gasteiger partial charge on any atom is 0.303 e. The average Bonchev–Trinajstić information content (AvgIpc) is 3.06. The van der Waals surface area contributed by atoms with Crippen molar-refractivity contribution in [1.82, 2.24) is 14.9 Å². The second kappa shape index (κ2) is 8.10. The first kappa shape index (κ1) is 18.6. The molecule has 6 heteroatoms. The minimum Gasteiger partial charge on any atom is -0.481 e. The first-order chi connectivity index (χ1) is 13.6. The number of aromatic nitrogens is 2. The van der Waals surface area contributed by atoms with Crippen LogP contribution in [0.5, 0.6) is 0 Å². The van der Waals surface area contributed by atoms with Crippen molar-refractivity contribution in [3.63, 3.8) is 0 Å². The zero-order valence-electron chi connectivity index (χ0n) is 15.6. The first-order valence-corrected chi connectivity index (χ1v) is 9.69. The molecule has 2 aromatic carbocycles. The normalized spacial score (nSPS) is 20.5. The Morgan fingerprint density at radius 3 is 2.82 bits per heavy atom. The van der Waals surface area contributed by atoms with E-state index in [2.05, 4.69) is 27.0 Å². The van der Waals surface area contributed by atoms with Crippen LogP contribution in [-0.4, -0.2) is 39.0 Å². The van der Waals surface area contributed by atoms with Crippen molar-refractivity contribution in [2.24, 2.45) is 11.8 Å². The molecule has 0 spiro atoms. The lowest BCUT2D eigenvalue weighted by Gasteiger charge is -2.38. The summed E-state index contributed by atoms with van der Waals surface area (Å²) in [4.78, 5) is 21.5. The van der Waals surface area contributed by atoms with Crippen LogP contribution in [0.4, 0.5) is 4.39 Å². The zero-order valence-corrected chi connectivity index (χ0v) is 15.6. The Hall–Kier alpha value is -2.73. The highest BCUT2D eigenvalue weighted by atomic mass is 19.1. The third-order valence-electron chi connectivity index (χ3n) is 5.61. The molecule has 2 atom stereocenters. The van der Waals surface area contributed by atoms with Gasteiger partial charge in [-0.05, 0) is 48.6 Å². The van der Waals surface area contributed by atoms with Crippen molar-refractivity contribution in [2.45, 2.75) is 25.8 Å². The third kappa shape index (κ3) is 4.39. The third-order valence-corrected chi connectivity index (χ3v) is 5.61. The molecule has 28 heavy (non-hydrogen) atoms. The Bertz CT molecular complexity index is 957. The molecule has 4 rings (SSSR count). The van der Waals surface area contributed by atoms with Crippen LogP contribution in [0.25, 0.3) is 11.0 Å². The van der Waals surface area contributed by atoms with Gasteiger partial charge >= 0.3 is 5.97 Å². The number of fused-ring (bicyclic) bond motifs is 1. The molecule has 0 saturated carbocycles. The monoisotopic (exact) mass is 381 g/mol. The van der Waals surface area contributed by atoms with Crippen LogP contribution in [-0.2, 0) is 17.8 Å². The molecule has 1 aliphatic heterocycles. The standard InChI is InChI=1S/C22H24FN3O2/c23-18-6-7-19-20(12-18)25-21(24-19)10-17-14-26(9-8-16(17)11-22(27)28)13-15-4-2-1-3-5-15/h1-7,12,16-17H,8-11,13-14H2,(H,24,25)(H,27,28)/t16-,17-/m0/s1. The van der Waals surface area contributed by atoms with Crippen molar-refractivity contribution in [3.05, 3.63) is 65.7 Å². The molecule has 2 heterocycles. The smallest absolute Gasteiger partial charge is 0.303 e. The molecule has 1 aliphatic rings. The fraction of sp³-hybridized carbons (Fsp3) is 0.364. The quantitative estimate of drug-likeness (QED) is 0.680. The summed E-state index contributed by atoms with van der Waals surface area (Å²) in [5.41, 5.74) is 2.68. The highest BCUT2D eigenvalue weighted by molar-refractivity contribution is 5.74. The number of nitrogens with one attached hydrogen (secondary N) is 1. The van der Waals surface area contributed by atoms with E-state index in [4.69, 9.17) is 0 Å². The summed E-state index contributed by atoms with van der Waals surface area (Å²) < 4.78 is 13.4. The van der Waals surface area contributed by atoms with E-state index >= 15 is 0 Å². The Morgan fingerprint density at radius 2 is 2.04 bits per heavy atom. The van der Waals surface area contributed by atoms with Crippen LogP contribution in [0, 0.1) is 17.7 Å². The Balaban J connectivity index is 1.51. The Kier molecular flexibility index (Phi) is 5.39. The summed E-state index contributed by atoms with van der Waals surface area (Å²) in [6.07, 6.45) is 1.71. The van der Waals surface area contributed by atoms with Crippen LogP contribution >= 0.6 is 0 Å². The van der Waals surface area contributed by atoms with Crippen molar-refractivity contribution < 1.29 is 14.3 Å². The number of carboxylic acids is 1. The molecule has 0 amide bonds. The van der Waals surface area contributed by atoms with Crippen molar-refractivity contribution in [1.29, 1.82) is 0 Å². The molecule has 3 aromatic rings. The molecule has 0 unspecified atom stereocenters. The number of carboxylic acid groups (broad SMARTS) is 1. The van der Waals surface area contributed by atoms with Crippen LogP contribution in [0.1, 0.15) is 24.2 Å². The number of imidazole rings is 1. The predicted octanol–water partition coefficient (Wildman–Crippen LogP) is 3.86. The van der Waals surface area contributed by atoms with Gasteiger partial charge in [-0.25, -0.2) is 9.37 Å². The highest BCUT2D eigenvalue weighted by Crippen LogP contribution is 2.30. The number of benzene rings is 2. The number of hydrogen-bond acceptors (Lipinski definition) is 3. The van der Waals surface area contributed by atoms with E-state index in [1.807, 2.05) is 18.2 Å². The fourth-order valence-electron chi connectivity index (χ4n) is 4.25. The minimum absolute atomic E-state index is 0.120. The molecule has 1 aromatic heterocycles. The van der Waals surface area contributed by atoms with Crippen LogP contribution in [0.3, 0.4) is 0 Å². The molecule has 0 bridgehead atoms. The topological polar surface area (TPSA) is 69.2 Å². The number of carbonyl (C=O) groups is 1. The van der Waals surface area contributed by atoms with E-state index < -0.39 is 5.97 Å². The maximum absolute atomic E-state index is 13.4. The van der Waals surface area contributed by atoms with Crippen LogP contribution in [0.2, 0.25) is 0 Å². The maximum atomic E-state index is 13.4. The van der Waals surface area contributed by atoms with Crippen molar-refractivity contribution in [3.8, 4) is 0 Å². The number of likely N-dealkylation sites (tertiary alicyclic amines) is 1.